The molecule has 2 aliphatic heterocycles. The summed E-state index contributed by atoms with van der Waals surface area (Å²) in [7, 11) is 0. The number of nitrogens with one attached hydrogen (secondary N) is 2. The van der Waals surface area contributed by atoms with Gasteiger partial charge in [0.1, 0.15) is 0 Å². The lowest BCUT2D eigenvalue weighted by Gasteiger charge is -2.24. The number of likely N-dealkylation sites (tertiary alicyclic amines) is 1. The van der Waals surface area contributed by atoms with Crippen LogP contribution in [0.2, 0.25) is 5.02 Å². The number of nitrogens with zero attached hydrogens (tertiary/aromatic N) is 1. The van der Waals surface area contributed by atoms with Crippen LogP contribution >= 0.6 is 11.6 Å². The topological polar surface area (TPSA) is 44.4 Å². The highest BCUT2D eigenvalue weighted by Crippen LogP contribution is 2.21. The van der Waals surface area contributed by atoms with Gasteiger partial charge in [-0.15, -0.1) is 0 Å². The van der Waals surface area contributed by atoms with Crippen molar-refractivity contribution in [1.82, 2.24) is 10.2 Å². The SMILES string of the molecule is O=C(Nc1cccc(Cl)c1)N1CCC2CCC(C1)N2. The molecule has 102 valence electrons. The van der Waals surface area contributed by atoms with E-state index in [1.54, 1.807) is 12.1 Å². The Bertz CT molecular complexity index is 480. The van der Waals surface area contributed by atoms with Gasteiger partial charge >= 0.3 is 6.03 Å². The van der Waals surface area contributed by atoms with Crippen molar-refractivity contribution in [2.24, 2.45) is 0 Å². The number of amides is 2. The number of anilines is 1. The van der Waals surface area contributed by atoms with Crippen LogP contribution in [0.5, 0.6) is 0 Å². The standard InChI is InChI=1S/C14H18ClN3O/c15-10-2-1-3-12(8-10)17-14(19)18-7-6-11-4-5-13(9-18)16-11/h1-3,8,11,13,16H,4-7,9H2,(H,17,19). The number of hydrogen-bond donors (Lipinski definition) is 2. The third-order valence-electron chi connectivity index (χ3n) is 3.89. The quantitative estimate of drug-likeness (QED) is 0.830. The lowest BCUT2D eigenvalue weighted by Crippen LogP contribution is -2.41. The highest BCUT2D eigenvalue weighted by Gasteiger charge is 2.31. The van der Waals surface area contributed by atoms with Gasteiger partial charge in [0.2, 0.25) is 0 Å². The van der Waals surface area contributed by atoms with E-state index in [1.807, 2.05) is 17.0 Å². The molecule has 0 saturated carbocycles. The van der Waals surface area contributed by atoms with Crippen LogP contribution in [-0.4, -0.2) is 36.1 Å². The van der Waals surface area contributed by atoms with Gasteiger partial charge in [-0.2, -0.15) is 0 Å². The molecule has 1 aromatic rings. The minimum atomic E-state index is -0.0309. The molecule has 19 heavy (non-hydrogen) atoms. The fraction of sp³-hybridized carbons (Fsp3) is 0.500. The van der Waals surface area contributed by atoms with Gasteiger partial charge in [-0.25, -0.2) is 4.79 Å². The van der Waals surface area contributed by atoms with E-state index in [2.05, 4.69) is 10.6 Å². The third-order valence-corrected chi connectivity index (χ3v) is 4.12. The maximum Gasteiger partial charge on any atom is 0.321 e. The molecule has 0 radical (unpaired) electrons. The van der Waals surface area contributed by atoms with Crippen molar-refractivity contribution in [2.45, 2.75) is 31.3 Å². The van der Waals surface area contributed by atoms with Crippen molar-refractivity contribution in [1.29, 1.82) is 0 Å². The Morgan fingerprint density at radius 3 is 3.00 bits per heavy atom. The summed E-state index contributed by atoms with van der Waals surface area (Å²) in [4.78, 5) is 14.2. The lowest BCUT2D eigenvalue weighted by molar-refractivity contribution is 0.208. The van der Waals surface area contributed by atoms with Gasteiger partial charge in [0.25, 0.3) is 0 Å². The highest BCUT2D eigenvalue weighted by atomic mass is 35.5. The van der Waals surface area contributed by atoms with Gasteiger partial charge in [-0.3, -0.25) is 0 Å². The molecule has 2 bridgehead atoms. The smallest absolute Gasteiger partial charge is 0.321 e. The normalized spacial score (nSPS) is 26.1. The van der Waals surface area contributed by atoms with Gasteiger partial charge in [-0.05, 0) is 37.5 Å². The molecule has 5 heteroatoms. The molecule has 2 fully saturated rings. The van der Waals surface area contributed by atoms with E-state index in [4.69, 9.17) is 11.6 Å². The fourth-order valence-electron chi connectivity index (χ4n) is 2.90. The zero-order chi connectivity index (χ0) is 13.2. The van der Waals surface area contributed by atoms with Crippen LogP contribution in [0.25, 0.3) is 0 Å². The van der Waals surface area contributed by atoms with E-state index in [0.717, 1.165) is 25.2 Å². The van der Waals surface area contributed by atoms with E-state index in [1.165, 1.54) is 12.8 Å². The predicted molar refractivity (Wildman–Crippen MR) is 76.6 cm³/mol. The Labute approximate surface area is 118 Å². The zero-order valence-electron chi connectivity index (χ0n) is 10.7. The largest absolute Gasteiger partial charge is 0.323 e. The van der Waals surface area contributed by atoms with Crippen molar-refractivity contribution < 1.29 is 4.79 Å². The van der Waals surface area contributed by atoms with Crippen LogP contribution in [-0.2, 0) is 0 Å². The molecule has 0 aliphatic carbocycles. The molecular weight excluding hydrogens is 262 g/mol. The number of rotatable bonds is 1. The highest BCUT2D eigenvalue weighted by molar-refractivity contribution is 6.30. The minimum Gasteiger partial charge on any atom is -0.323 e. The summed E-state index contributed by atoms with van der Waals surface area (Å²) in [6.45, 7) is 1.61. The summed E-state index contributed by atoms with van der Waals surface area (Å²) >= 11 is 5.92. The first kappa shape index (κ1) is 12.8. The van der Waals surface area contributed by atoms with Gasteiger partial charge in [0.15, 0.2) is 0 Å². The van der Waals surface area contributed by atoms with Crippen LogP contribution in [0.4, 0.5) is 10.5 Å². The summed E-state index contributed by atoms with van der Waals surface area (Å²) in [6.07, 6.45) is 3.46. The second kappa shape index (κ2) is 5.39. The predicted octanol–water partition coefficient (Wildman–Crippen LogP) is 2.70. The van der Waals surface area contributed by atoms with Gasteiger partial charge in [0.05, 0.1) is 0 Å². The van der Waals surface area contributed by atoms with E-state index in [9.17, 15) is 4.79 Å². The first-order valence-corrected chi connectivity index (χ1v) is 7.16. The first-order valence-electron chi connectivity index (χ1n) is 6.78. The number of halogens is 1. The summed E-state index contributed by atoms with van der Waals surface area (Å²) < 4.78 is 0. The molecular formula is C14H18ClN3O. The Hall–Kier alpha value is -1.26. The third kappa shape index (κ3) is 3.01. The number of urea groups is 1. The van der Waals surface area contributed by atoms with Crippen molar-refractivity contribution in [3.8, 4) is 0 Å². The average Bonchev–Trinajstić information content (AvgIpc) is 2.68. The number of benzene rings is 1. The zero-order valence-corrected chi connectivity index (χ0v) is 11.5. The Morgan fingerprint density at radius 2 is 2.16 bits per heavy atom. The van der Waals surface area contributed by atoms with Crippen molar-refractivity contribution in [2.75, 3.05) is 18.4 Å². The molecule has 0 spiro atoms. The molecule has 2 atom stereocenters. The van der Waals surface area contributed by atoms with Crippen LogP contribution in [0.3, 0.4) is 0 Å². The molecule has 2 N–H and O–H groups in total. The van der Waals surface area contributed by atoms with E-state index in [-0.39, 0.29) is 6.03 Å². The molecule has 2 heterocycles. The summed E-state index contributed by atoms with van der Waals surface area (Å²) in [6, 6.07) is 8.27. The fourth-order valence-corrected chi connectivity index (χ4v) is 3.09. The average molecular weight is 280 g/mol. The summed E-state index contributed by atoms with van der Waals surface area (Å²) in [5, 5.41) is 7.12. The molecule has 1 aromatic carbocycles. The first-order chi connectivity index (χ1) is 9.20. The molecule has 3 rings (SSSR count). The van der Waals surface area contributed by atoms with Crippen molar-refractivity contribution in [3.05, 3.63) is 29.3 Å². The Kier molecular flexibility index (Phi) is 3.62. The van der Waals surface area contributed by atoms with Crippen molar-refractivity contribution >= 4 is 23.3 Å². The van der Waals surface area contributed by atoms with Crippen LogP contribution < -0.4 is 10.6 Å². The minimum absolute atomic E-state index is 0.0309. The van der Waals surface area contributed by atoms with Gasteiger partial charge in [0, 0.05) is 35.9 Å². The summed E-state index contributed by atoms with van der Waals surface area (Å²) in [5.41, 5.74) is 0.750. The number of carbonyl (C=O) groups is 1. The molecule has 2 aliphatic rings. The number of carbonyl (C=O) groups excluding carboxylic acids is 1. The number of fused-ring (bicyclic) bond motifs is 2. The second-order valence-corrected chi connectivity index (χ2v) is 5.75. The molecule has 2 saturated heterocycles. The van der Waals surface area contributed by atoms with Gasteiger partial charge in [-0.1, -0.05) is 17.7 Å². The Morgan fingerprint density at radius 1 is 1.32 bits per heavy atom. The van der Waals surface area contributed by atoms with E-state index < -0.39 is 0 Å². The summed E-state index contributed by atoms with van der Waals surface area (Å²) in [5.74, 6) is 0. The van der Waals surface area contributed by atoms with Gasteiger partial charge < -0.3 is 15.5 Å². The molecule has 2 unspecified atom stereocenters. The Balaban J connectivity index is 1.64. The van der Waals surface area contributed by atoms with Crippen molar-refractivity contribution in [3.63, 3.8) is 0 Å². The van der Waals surface area contributed by atoms with Crippen LogP contribution in [0.1, 0.15) is 19.3 Å². The van der Waals surface area contributed by atoms with Crippen LogP contribution in [0.15, 0.2) is 24.3 Å². The van der Waals surface area contributed by atoms with E-state index >= 15 is 0 Å². The van der Waals surface area contributed by atoms with Crippen LogP contribution in [0, 0.1) is 0 Å². The maximum absolute atomic E-state index is 12.3. The van der Waals surface area contributed by atoms with E-state index in [0.29, 0.717) is 17.1 Å². The second-order valence-electron chi connectivity index (χ2n) is 5.31. The number of hydrogen-bond acceptors (Lipinski definition) is 2. The monoisotopic (exact) mass is 279 g/mol. The molecule has 0 aromatic heterocycles. The maximum atomic E-state index is 12.3. The lowest BCUT2D eigenvalue weighted by atomic mass is 10.1. The molecule has 4 nitrogen and oxygen atoms in total. The molecule has 2 amide bonds.